The van der Waals surface area contributed by atoms with Gasteiger partial charge in [0.25, 0.3) is 5.91 Å². The Hall–Kier alpha value is -2.67. The summed E-state index contributed by atoms with van der Waals surface area (Å²) in [7, 11) is 0. The normalized spacial score (nSPS) is 20.2. The Bertz CT molecular complexity index is 779. The number of piperidine rings is 1. The summed E-state index contributed by atoms with van der Waals surface area (Å²) in [6.07, 6.45) is 3.81. The second-order valence-corrected chi connectivity index (χ2v) is 7.64. The van der Waals surface area contributed by atoms with E-state index in [4.69, 9.17) is 4.74 Å². The van der Waals surface area contributed by atoms with Crippen molar-refractivity contribution >= 4 is 28.9 Å². The van der Waals surface area contributed by atoms with Crippen LogP contribution < -0.4 is 15.5 Å². The van der Waals surface area contributed by atoms with Gasteiger partial charge < -0.3 is 20.3 Å². The van der Waals surface area contributed by atoms with Gasteiger partial charge in [0, 0.05) is 31.1 Å². The largest absolute Gasteiger partial charge is 0.372 e. The summed E-state index contributed by atoms with van der Waals surface area (Å²) < 4.78 is 5.37. The molecular weight excluding hydrogens is 354 g/mol. The van der Waals surface area contributed by atoms with Crippen LogP contribution in [0.15, 0.2) is 36.4 Å². The predicted octanol–water partition coefficient (Wildman–Crippen LogP) is 3.57. The molecule has 2 aromatic rings. The summed E-state index contributed by atoms with van der Waals surface area (Å²) in [6.45, 7) is 5.21. The van der Waals surface area contributed by atoms with Crippen molar-refractivity contribution in [3.05, 3.63) is 36.4 Å². The molecule has 2 saturated heterocycles. The molecule has 1 amide bonds. The van der Waals surface area contributed by atoms with Gasteiger partial charge in [0.05, 0.1) is 0 Å². The molecule has 1 unspecified atom stereocenters. The first-order valence-electron chi connectivity index (χ1n) is 10.1. The molecule has 2 aliphatic heterocycles. The number of rotatable bonds is 5. The maximum Gasteiger partial charge on any atom is 0.254 e. The fraction of sp³-hybridized carbons (Fsp3) is 0.476. The summed E-state index contributed by atoms with van der Waals surface area (Å²) in [6, 6.07) is 11.9. The van der Waals surface area contributed by atoms with Crippen LogP contribution in [0.5, 0.6) is 0 Å². The van der Waals surface area contributed by atoms with Gasteiger partial charge in [-0.3, -0.25) is 4.79 Å². The van der Waals surface area contributed by atoms with Crippen molar-refractivity contribution in [2.75, 3.05) is 35.2 Å². The Morgan fingerprint density at radius 2 is 1.75 bits per heavy atom. The third-order valence-electron chi connectivity index (χ3n) is 5.43. The molecule has 2 N–H and O–H groups in total. The third-order valence-corrected chi connectivity index (χ3v) is 5.43. The van der Waals surface area contributed by atoms with Gasteiger partial charge in [-0.25, -0.2) is 0 Å². The molecule has 1 aromatic carbocycles. The molecule has 148 valence electrons. The lowest BCUT2D eigenvalue weighted by Crippen LogP contribution is -2.32. The average Bonchev–Trinajstić information content (AvgIpc) is 3.26. The van der Waals surface area contributed by atoms with Gasteiger partial charge in [-0.2, -0.15) is 0 Å². The number of carbonyl (C=O) groups is 1. The van der Waals surface area contributed by atoms with E-state index < -0.39 is 0 Å². The number of amides is 1. The highest BCUT2D eigenvalue weighted by atomic mass is 16.5. The molecule has 0 bridgehead atoms. The second-order valence-electron chi connectivity index (χ2n) is 7.64. The molecule has 7 heteroatoms. The van der Waals surface area contributed by atoms with Gasteiger partial charge in [-0.15, -0.1) is 10.2 Å². The topological polar surface area (TPSA) is 79.4 Å². The second kappa shape index (κ2) is 8.56. The smallest absolute Gasteiger partial charge is 0.254 e. The predicted molar refractivity (Wildman–Crippen MR) is 110 cm³/mol. The summed E-state index contributed by atoms with van der Waals surface area (Å²) in [5, 5.41) is 14.2. The molecule has 0 spiro atoms. The van der Waals surface area contributed by atoms with E-state index in [2.05, 4.69) is 56.9 Å². The SMILES string of the molecule is CC1CCN(c2ccc(Nc3ccc(NC(=O)C4CCCO4)nn3)cc2)CC1. The number of nitrogens with one attached hydrogen (secondary N) is 2. The zero-order valence-electron chi connectivity index (χ0n) is 16.2. The molecule has 7 nitrogen and oxygen atoms in total. The minimum Gasteiger partial charge on any atom is -0.372 e. The molecule has 3 heterocycles. The van der Waals surface area contributed by atoms with Crippen molar-refractivity contribution in [2.24, 2.45) is 5.92 Å². The van der Waals surface area contributed by atoms with Gasteiger partial charge >= 0.3 is 0 Å². The standard InChI is InChI=1S/C21H27N5O2/c1-15-10-12-26(13-11-15)17-6-4-16(5-7-17)22-19-8-9-20(25-24-19)23-21(27)18-3-2-14-28-18/h4-9,15,18H,2-3,10-14H2,1H3,(H,22,24)(H,23,25,27). The van der Waals surface area contributed by atoms with Gasteiger partial charge in [-0.05, 0) is 68.0 Å². The van der Waals surface area contributed by atoms with E-state index in [0.29, 0.717) is 18.2 Å². The molecule has 0 radical (unpaired) electrons. The first-order valence-corrected chi connectivity index (χ1v) is 10.1. The van der Waals surface area contributed by atoms with Crippen LogP contribution in [-0.2, 0) is 9.53 Å². The summed E-state index contributed by atoms with van der Waals surface area (Å²) in [5.74, 6) is 1.74. The van der Waals surface area contributed by atoms with Crippen LogP contribution in [0.2, 0.25) is 0 Å². The summed E-state index contributed by atoms with van der Waals surface area (Å²) >= 11 is 0. The Balaban J connectivity index is 1.32. The van der Waals surface area contributed by atoms with Crippen molar-refractivity contribution < 1.29 is 9.53 Å². The molecule has 2 aliphatic rings. The van der Waals surface area contributed by atoms with E-state index in [9.17, 15) is 4.79 Å². The molecule has 28 heavy (non-hydrogen) atoms. The van der Waals surface area contributed by atoms with Gasteiger partial charge in [0.2, 0.25) is 0 Å². The zero-order valence-corrected chi connectivity index (χ0v) is 16.2. The minimum atomic E-state index is -0.374. The van der Waals surface area contributed by atoms with Crippen molar-refractivity contribution in [2.45, 2.75) is 38.7 Å². The van der Waals surface area contributed by atoms with E-state index in [1.165, 1.54) is 18.5 Å². The molecule has 1 atom stereocenters. The number of hydrogen-bond donors (Lipinski definition) is 2. The molecule has 0 saturated carbocycles. The Morgan fingerprint density at radius 1 is 1.04 bits per heavy atom. The fourth-order valence-corrected chi connectivity index (χ4v) is 3.63. The van der Waals surface area contributed by atoms with Crippen LogP contribution >= 0.6 is 0 Å². The van der Waals surface area contributed by atoms with E-state index in [1.807, 2.05) is 0 Å². The highest BCUT2D eigenvalue weighted by Crippen LogP contribution is 2.25. The Labute approximate surface area is 165 Å². The molecule has 1 aromatic heterocycles. The van der Waals surface area contributed by atoms with Gasteiger partial charge in [0.15, 0.2) is 11.6 Å². The zero-order chi connectivity index (χ0) is 19.3. The van der Waals surface area contributed by atoms with Crippen LogP contribution in [0.3, 0.4) is 0 Å². The van der Waals surface area contributed by atoms with Crippen LogP contribution in [0.4, 0.5) is 23.0 Å². The van der Waals surface area contributed by atoms with Crippen molar-refractivity contribution in [1.29, 1.82) is 0 Å². The van der Waals surface area contributed by atoms with Crippen LogP contribution in [0.25, 0.3) is 0 Å². The van der Waals surface area contributed by atoms with Crippen molar-refractivity contribution in [3.8, 4) is 0 Å². The minimum absolute atomic E-state index is 0.157. The van der Waals surface area contributed by atoms with Crippen LogP contribution in [0.1, 0.15) is 32.6 Å². The molecule has 4 rings (SSSR count). The van der Waals surface area contributed by atoms with Crippen molar-refractivity contribution in [3.63, 3.8) is 0 Å². The van der Waals surface area contributed by atoms with Gasteiger partial charge in [-0.1, -0.05) is 6.92 Å². The summed E-state index contributed by atoms with van der Waals surface area (Å²) in [5.41, 5.74) is 2.22. The monoisotopic (exact) mass is 381 g/mol. The Morgan fingerprint density at radius 3 is 2.39 bits per heavy atom. The van der Waals surface area contributed by atoms with E-state index in [0.717, 1.165) is 37.5 Å². The van der Waals surface area contributed by atoms with Crippen LogP contribution in [0, 0.1) is 5.92 Å². The van der Waals surface area contributed by atoms with E-state index in [1.54, 1.807) is 12.1 Å². The van der Waals surface area contributed by atoms with E-state index >= 15 is 0 Å². The number of aromatic nitrogens is 2. The highest BCUT2D eigenvalue weighted by Gasteiger charge is 2.23. The van der Waals surface area contributed by atoms with Crippen LogP contribution in [-0.4, -0.2) is 41.9 Å². The third kappa shape index (κ3) is 4.59. The molecular formula is C21H27N5O2. The number of nitrogens with zero attached hydrogens (tertiary/aromatic N) is 3. The summed E-state index contributed by atoms with van der Waals surface area (Å²) in [4.78, 5) is 14.5. The molecule has 2 fully saturated rings. The first kappa shape index (κ1) is 18.7. The quantitative estimate of drug-likeness (QED) is 0.824. The average molecular weight is 381 g/mol. The lowest BCUT2D eigenvalue weighted by molar-refractivity contribution is -0.124. The highest BCUT2D eigenvalue weighted by molar-refractivity contribution is 5.93. The fourth-order valence-electron chi connectivity index (χ4n) is 3.63. The number of anilines is 4. The number of carbonyl (C=O) groups excluding carboxylic acids is 1. The maximum absolute atomic E-state index is 12.0. The first-order chi connectivity index (χ1) is 13.7. The maximum atomic E-state index is 12.0. The number of hydrogen-bond acceptors (Lipinski definition) is 6. The number of benzene rings is 1. The number of ether oxygens (including phenoxy) is 1. The van der Waals surface area contributed by atoms with Gasteiger partial charge in [0.1, 0.15) is 6.10 Å². The lowest BCUT2D eigenvalue weighted by atomic mass is 9.99. The van der Waals surface area contributed by atoms with Crippen molar-refractivity contribution in [1.82, 2.24) is 10.2 Å². The van der Waals surface area contributed by atoms with E-state index in [-0.39, 0.29) is 12.0 Å². The lowest BCUT2D eigenvalue weighted by Gasteiger charge is -2.32. The molecule has 0 aliphatic carbocycles. The Kier molecular flexibility index (Phi) is 5.71.